The summed E-state index contributed by atoms with van der Waals surface area (Å²) in [4.78, 5) is 0. The molecule has 1 atom stereocenters. The molecule has 0 bridgehead atoms. The Hall–Kier alpha value is -1.46. The van der Waals surface area contributed by atoms with E-state index in [-0.39, 0.29) is 12.6 Å². The number of nitrogens with zero attached hydrogens (tertiary/aromatic N) is 3. The van der Waals surface area contributed by atoms with Gasteiger partial charge in [0.05, 0.1) is 6.04 Å². The summed E-state index contributed by atoms with van der Waals surface area (Å²) in [7, 11) is 0. The topological polar surface area (TPSA) is 76.4 Å². The van der Waals surface area contributed by atoms with Gasteiger partial charge in [-0.2, -0.15) is 0 Å². The molecule has 5 nitrogen and oxygen atoms in total. The van der Waals surface area contributed by atoms with E-state index in [2.05, 4.69) is 10.2 Å². The molecule has 2 rings (SSSR count). The SMILES string of the molecule is NC(CCO)c1nnc2ccccn12. The average Bonchev–Trinajstić information content (AvgIpc) is 2.61. The van der Waals surface area contributed by atoms with E-state index in [1.54, 1.807) is 0 Å². The van der Waals surface area contributed by atoms with Crippen molar-refractivity contribution in [1.82, 2.24) is 14.6 Å². The van der Waals surface area contributed by atoms with Crippen molar-refractivity contribution in [2.45, 2.75) is 12.5 Å². The molecule has 74 valence electrons. The van der Waals surface area contributed by atoms with Gasteiger partial charge in [-0.15, -0.1) is 10.2 Å². The van der Waals surface area contributed by atoms with Crippen LogP contribution < -0.4 is 5.73 Å². The van der Waals surface area contributed by atoms with E-state index >= 15 is 0 Å². The van der Waals surface area contributed by atoms with Crippen LogP contribution in [-0.2, 0) is 0 Å². The van der Waals surface area contributed by atoms with Crippen molar-refractivity contribution in [1.29, 1.82) is 0 Å². The minimum atomic E-state index is -0.266. The van der Waals surface area contributed by atoms with Crippen molar-refractivity contribution in [3.05, 3.63) is 30.2 Å². The quantitative estimate of drug-likeness (QED) is 0.723. The minimum absolute atomic E-state index is 0.0584. The van der Waals surface area contributed by atoms with Crippen LogP contribution in [0, 0.1) is 0 Å². The Morgan fingerprint density at radius 2 is 2.29 bits per heavy atom. The van der Waals surface area contributed by atoms with E-state index in [1.165, 1.54) is 0 Å². The Morgan fingerprint density at radius 3 is 3.07 bits per heavy atom. The Morgan fingerprint density at radius 1 is 1.43 bits per heavy atom. The van der Waals surface area contributed by atoms with E-state index in [0.717, 1.165) is 5.65 Å². The van der Waals surface area contributed by atoms with E-state index in [9.17, 15) is 0 Å². The first kappa shape index (κ1) is 9.11. The van der Waals surface area contributed by atoms with Crippen LogP contribution in [0.2, 0.25) is 0 Å². The molecule has 0 fully saturated rings. The third kappa shape index (κ3) is 1.47. The van der Waals surface area contributed by atoms with Crippen molar-refractivity contribution in [2.75, 3.05) is 6.61 Å². The van der Waals surface area contributed by atoms with Gasteiger partial charge in [-0.1, -0.05) is 6.07 Å². The van der Waals surface area contributed by atoms with Crippen molar-refractivity contribution < 1.29 is 5.11 Å². The van der Waals surface area contributed by atoms with Crippen LogP contribution in [0.4, 0.5) is 0 Å². The molecule has 0 saturated carbocycles. The molecule has 0 aliphatic carbocycles. The Kier molecular flexibility index (Phi) is 2.43. The molecule has 0 aliphatic heterocycles. The van der Waals surface area contributed by atoms with Crippen LogP contribution in [0.25, 0.3) is 5.65 Å². The van der Waals surface area contributed by atoms with Gasteiger partial charge in [0.15, 0.2) is 11.5 Å². The predicted molar refractivity (Wildman–Crippen MR) is 51.6 cm³/mol. The normalized spacial score (nSPS) is 13.3. The maximum absolute atomic E-state index is 8.77. The summed E-state index contributed by atoms with van der Waals surface area (Å²) >= 11 is 0. The summed E-state index contributed by atoms with van der Waals surface area (Å²) in [5, 5.41) is 16.7. The lowest BCUT2D eigenvalue weighted by Gasteiger charge is -2.06. The van der Waals surface area contributed by atoms with Crippen molar-refractivity contribution in [3.8, 4) is 0 Å². The van der Waals surface area contributed by atoms with Gasteiger partial charge in [-0.05, 0) is 18.6 Å². The Labute approximate surface area is 81.2 Å². The summed E-state index contributed by atoms with van der Waals surface area (Å²) in [5.74, 6) is 0.689. The Balaban J connectivity index is 2.42. The molecule has 0 aromatic carbocycles. The molecule has 0 spiro atoms. The lowest BCUT2D eigenvalue weighted by atomic mass is 10.2. The van der Waals surface area contributed by atoms with Crippen LogP contribution in [0.1, 0.15) is 18.3 Å². The Bertz CT molecular complexity index is 425. The number of rotatable bonds is 3. The van der Waals surface area contributed by atoms with Crippen LogP contribution in [0.3, 0.4) is 0 Å². The highest BCUT2D eigenvalue weighted by Gasteiger charge is 2.12. The van der Waals surface area contributed by atoms with Gasteiger partial charge in [0.25, 0.3) is 0 Å². The summed E-state index contributed by atoms with van der Waals surface area (Å²) < 4.78 is 1.83. The highest BCUT2D eigenvalue weighted by molar-refractivity contribution is 5.37. The monoisotopic (exact) mass is 192 g/mol. The van der Waals surface area contributed by atoms with E-state index < -0.39 is 0 Å². The highest BCUT2D eigenvalue weighted by atomic mass is 16.3. The second kappa shape index (κ2) is 3.73. The first-order chi connectivity index (χ1) is 6.83. The first-order valence-electron chi connectivity index (χ1n) is 4.49. The lowest BCUT2D eigenvalue weighted by molar-refractivity contribution is 0.274. The number of pyridine rings is 1. The molecule has 2 aromatic rings. The third-order valence-electron chi connectivity index (χ3n) is 2.11. The number of hydrogen-bond donors (Lipinski definition) is 2. The fraction of sp³-hybridized carbons (Fsp3) is 0.333. The number of hydrogen-bond acceptors (Lipinski definition) is 4. The molecule has 3 N–H and O–H groups in total. The number of nitrogens with two attached hydrogens (primary N) is 1. The van der Waals surface area contributed by atoms with Crippen molar-refractivity contribution in [3.63, 3.8) is 0 Å². The molecule has 0 saturated heterocycles. The zero-order valence-electron chi connectivity index (χ0n) is 7.67. The molecule has 1 unspecified atom stereocenters. The molecular formula is C9H12N4O. The summed E-state index contributed by atoms with van der Waals surface area (Å²) in [6.45, 7) is 0.0584. The fourth-order valence-electron chi connectivity index (χ4n) is 1.38. The van der Waals surface area contributed by atoms with Crippen LogP contribution in [0.5, 0.6) is 0 Å². The van der Waals surface area contributed by atoms with Gasteiger partial charge < -0.3 is 10.8 Å². The zero-order valence-corrected chi connectivity index (χ0v) is 7.67. The fourth-order valence-corrected chi connectivity index (χ4v) is 1.38. The van der Waals surface area contributed by atoms with Crippen molar-refractivity contribution in [2.24, 2.45) is 5.73 Å². The third-order valence-corrected chi connectivity index (χ3v) is 2.11. The summed E-state index contributed by atoms with van der Waals surface area (Å²) in [5.41, 5.74) is 6.61. The van der Waals surface area contributed by atoms with Crippen LogP contribution in [-0.4, -0.2) is 26.3 Å². The largest absolute Gasteiger partial charge is 0.396 e. The standard InChI is InChI=1S/C9H12N4O/c10-7(4-6-14)9-12-11-8-3-1-2-5-13(8)9/h1-3,5,7,14H,4,6,10H2. The number of aromatic nitrogens is 3. The zero-order chi connectivity index (χ0) is 9.97. The first-order valence-corrected chi connectivity index (χ1v) is 4.49. The summed E-state index contributed by atoms with van der Waals surface area (Å²) in [6.07, 6.45) is 2.36. The van der Waals surface area contributed by atoms with Gasteiger partial charge in [0, 0.05) is 12.8 Å². The van der Waals surface area contributed by atoms with Gasteiger partial charge in [0.2, 0.25) is 0 Å². The van der Waals surface area contributed by atoms with E-state index in [0.29, 0.717) is 12.2 Å². The van der Waals surface area contributed by atoms with Gasteiger partial charge in [-0.25, -0.2) is 0 Å². The molecule has 5 heteroatoms. The van der Waals surface area contributed by atoms with Crippen LogP contribution >= 0.6 is 0 Å². The number of fused-ring (bicyclic) bond motifs is 1. The van der Waals surface area contributed by atoms with Gasteiger partial charge in [-0.3, -0.25) is 4.40 Å². The molecule has 0 aliphatic rings. The lowest BCUT2D eigenvalue weighted by Crippen LogP contribution is -2.15. The average molecular weight is 192 g/mol. The highest BCUT2D eigenvalue weighted by Crippen LogP contribution is 2.12. The predicted octanol–water partition coefficient (Wildman–Crippen LogP) is 0.111. The second-order valence-corrected chi connectivity index (χ2v) is 3.11. The molecule has 2 aromatic heterocycles. The van der Waals surface area contributed by atoms with Crippen molar-refractivity contribution >= 4 is 5.65 Å². The van der Waals surface area contributed by atoms with E-state index in [1.807, 2.05) is 28.8 Å². The van der Waals surface area contributed by atoms with Gasteiger partial charge in [0.1, 0.15) is 0 Å². The molecule has 14 heavy (non-hydrogen) atoms. The molecule has 0 amide bonds. The van der Waals surface area contributed by atoms with E-state index in [4.69, 9.17) is 10.8 Å². The molecular weight excluding hydrogens is 180 g/mol. The molecule has 2 heterocycles. The van der Waals surface area contributed by atoms with Crippen LogP contribution in [0.15, 0.2) is 24.4 Å². The summed E-state index contributed by atoms with van der Waals surface area (Å²) in [6, 6.07) is 5.39. The molecule has 0 radical (unpaired) electrons. The van der Waals surface area contributed by atoms with Gasteiger partial charge >= 0.3 is 0 Å². The minimum Gasteiger partial charge on any atom is -0.396 e. The second-order valence-electron chi connectivity index (χ2n) is 3.11. The number of aliphatic hydroxyl groups is 1. The number of aliphatic hydroxyl groups excluding tert-OH is 1. The smallest absolute Gasteiger partial charge is 0.160 e. The maximum Gasteiger partial charge on any atom is 0.160 e. The maximum atomic E-state index is 8.77.